The van der Waals surface area contributed by atoms with Gasteiger partial charge in [-0.3, -0.25) is 4.89 Å². The molecule has 0 aliphatic carbocycles. The Balaban J connectivity index is 3.12. The maximum atomic E-state index is 11.7. The van der Waals surface area contributed by atoms with Crippen LogP contribution in [-0.4, -0.2) is 12.6 Å². The second-order valence-corrected chi connectivity index (χ2v) is 10.5. The molecule has 204 valence electrons. The van der Waals surface area contributed by atoms with Crippen LogP contribution in [0.15, 0.2) is 0 Å². The number of carbonyl (C=O) groups is 1. The summed E-state index contributed by atoms with van der Waals surface area (Å²) in [6.45, 7) is 5.07. The molecule has 0 saturated carbocycles. The largest absolute Gasteiger partial charge is 0.342 e. The van der Waals surface area contributed by atoms with E-state index in [1.165, 1.54) is 148 Å². The van der Waals surface area contributed by atoms with E-state index in [9.17, 15) is 4.79 Å². The van der Waals surface area contributed by atoms with E-state index >= 15 is 0 Å². The van der Waals surface area contributed by atoms with Crippen LogP contribution in [0.5, 0.6) is 0 Å². The van der Waals surface area contributed by atoms with E-state index in [1.807, 2.05) is 0 Å². The summed E-state index contributed by atoms with van der Waals surface area (Å²) in [5, 5.41) is 0. The highest BCUT2D eigenvalue weighted by Crippen LogP contribution is 2.15. The van der Waals surface area contributed by atoms with Crippen molar-refractivity contribution in [1.82, 2.24) is 0 Å². The fourth-order valence-corrected chi connectivity index (χ4v) is 4.61. The zero-order valence-electron chi connectivity index (χ0n) is 23.5. The van der Waals surface area contributed by atoms with Crippen molar-refractivity contribution in [1.29, 1.82) is 0 Å². The third kappa shape index (κ3) is 29.5. The summed E-state index contributed by atoms with van der Waals surface area (Å²) >= 11 is 0. The molecular formula is C31H62O3. The summed E-state index contributed by atoms with van der Waals surface area (Å²) in [7, 11) is 0. The van der Waals surface area contributed by atoms with Crippen LogP contribution >= 0.6 is 0 Å². The van der Waals surface area contributed by atoms with Gasteiger partial charge >= 0.3 is 5.97 Å². The van der Waals surface area contributed by atoms with Crippen LogP contribution in [0.4, 0.5) is 0 Å². The first-order valence-corrected chi connectivity index (χ1v) is 15.6. The topological polar surface area (TPSA) is 35.5 Å². The van der Waals surface area contributed by atoms with E-state index in [4.69, 9.17) is 9.78 Å². The van der Waals surface area contributed by atoms with Gasteiger partial charge in [-0.05, 0) is 12.8 Å². The average Bonchev–Trinajstić information content (AvgIpc) is 2.84. The van der Waals surface area contributed by atoms with Gasteiger partial charge in [0.1, 0.15) is 0 Å². The summed E-state index contributed by atoms with van der Waals surface area (Å²) in [4.78, 5) is 21.6. The van der Waals surface area contributed by atoms with Crippen molar-refractivity contribution in [2.24, 2.45) is 0 Å². The monoisotopic (exact) mass is 482 g/mol. The van der Waals surface area contributed by atoms with Crippen LogP contribution in [0, 0.1) is 0 Å². The molecule has 0 N–H and O–H groups in total. The second kappa shape index (κ2) is 30.5. The van der Waals surface area contributed by atoms with E-state index in [0.717, 1.165) is 19.3 Å². The molecule has 0 amide bonds. The van der Waals surface area contributed by atoms with Crippen LogP contribution in [-0.2, 0) is 14.6 Å². The molecule has 0 aliphatic rings. The molecule has 0 aromatic heterocycles. The van der Waals surface area contributed by atoms with Crippen LogP contribution in [0.3, 0.4) is 0 Å². The summed E-state index contributed by atoms with van der Waals surface area (Å²) < 4.78 is 0. The van der Waals surface area contributed by atoms with Crippen molar-refractivity contribution in [3.63, 3.8) is 0 Å². The lowest BCUT2D eigenvalue weighted by Gasteiger charge is -2.05. The summed E-state index contributed by atoms with van der Waals surface area (Å²) in [5.41, 5.74) is 0. The predicted octanol–water partition coefficient (Wildman–Crippen LogP) is 11.0. The van der Waals surface area contributed by atoms with Gasteiger partial charge in [-0.25, -0.2) is 4.79 Å². The highest BCUT2D eigenvalue weighted by molar-refractivity contribution is 5.68. The molecule has 34 heavy (non-hydrogen) atoms. The van der Waals surface area contributed by atoms with E-state index in [-0.39, 0.29) is 5.97 Å². The molecule has 0 unspecified atom stereocenters. The third-order valence-electron chi connectivity index (χ3n) is 6.97. The third-order valence-corrected chi connectivity index (χ3v) is 6.97. The molecule has 0 aliphatic heterocycles. The van der Waals surface area contributed by atoms with Gasteiger partial charge in [0.05, 0.1) is 6.61 Å². The molecular weight excluding hydrogens is 420 g/mol. The quantitative estimate of drug-likeness (QED) is 0.0604. The molecule has 0 rings (SSSR count). The minimum absolute atomic E-state index is 0.199. The smallest absolute Gasteiger partial charge is 0.298 e. The maximum Gasteiger partial charge on any atom is 0.342 e. The van der Waals surface area contributed by atoms with Crippen LogP contribution in [0.25, 0.3) is 0 Å². The molecule has 0 saturated heterocycles. The van der Waals surface area contributed by atoms with Gasteiger partial charge in [0.2, 0.25) is 0 Å². The summed E-state index contributed by atoms with van der Waals surface area (Å²) in [6, 6.07) is 0. The maximum absolute atomic E-state index is 11.7. The normalized spacial score (nSPS) is 11.2. The second-order valence-electron chi connectivity index (χ2n) is 10.5. The van der Waals surface area contributed by atoms with Crippen molar-refractivity contribution < 1.29 is 14.6 Å². The van der Waals surface area contributed by atoms with Gasteiger partial charge in [-0.2, -0.15) is 4.89 Å². The Hall–Kier alpha value is -0.570. The highest BCUT2D eigenvalue weighted by Gasteiger charge is 2.04. The minimum Gasteiger partial charge on any atom is -0.298 e. The number of rotatable bonds is 29. The fourth-order valence-electron chi connectivity index (χ4n) is 4.61. The van der Waals surface area contributed by atoms with Crippen LogP contribution in [0.1, 0.15) is 187 Å². The lowest BCUT2D eigenvalue weighted by molar-refractivity contribution is -0.272. The first-order chi connectivity index (χ1) is 16.8. The molecule has 0 aromatic carbocycles. The van der Waals surface area contributed by atoms with Gasteiger partial charge in [0.15, 0.2) is 0 Å². The summed E-state index contributed by atoms with van der Waals surface area (Å²) in [5.74, 6) is -0.199. The van der Waals surface area contributed by atoms with Crippen LogP contribution < -0.4 is 0 Å². The van der Waals surface area contributed by atoms with Crippen molar-refractivity contribution >= 4 is 5.97 Å². The Kier molecular flexibility index (Phi) is 30.0. The van der Waals surface area contributed by atoms with Gasteiger partial charge in [-0.1, -0.05) is 168 Å². The van der Waals surface area contributed by atoms with E-state index in [1.54, 1.807) is 0 Å². The van der Waals surface area contributed by atoms with Crippen molar-refractivity contribution in [3.05, 3.63) is 0 Å². The molecule has 3 nitrogen and oxygen atoms in total. The predicted molar refractivity (Wildman–Crippen MR) is 148 cm³/mol. The number of unbranched alkanes of at least 4 members (excludes halogenated alkanes) is 24. The van der Waals surface area contributed by atoms with Gasteiger partial charge in [0, 0.05) is 6.42 Å². The molecule has 0 radical (unpaired) electrons. The zero-order chi connectivity index (χ0) is 24.8. The lowest BCUT2D eigenvalue weighted by Crippen LogP contribution is -2.06. The van der Waals surface area contributed by atoms with E-state index in [0.29, 0.717) is 13.0 Å². The average molecular weight is 483 g/mol. The Bertz CT molecular complexity index is 383. The van der Waals surface area contributed by atoms with Crippen molar-refractivity contribution in [3.8, 4) is 0 Å². The van der Waals surface area contributed by atoms with Gasteiger partial charge in [-0.15, -0.1) is 0 Å². The van der Waals surface area contributed by atoms with Gasteiger partial charge < -0.3 is 0 Å². The first kappa shape index (κ1) is 33.4. The lowest BCUT2D eigenvalue weighted by atomic mass is 10.0. The molecule has 0 heterocycles. The number of hydrogen-bond donors (Lipinski definition) is 0. The van der Waals surface area contributed by atoms with E-state index in [2.05, 4.69) is 13.8 Å². The Morgan fingerprint density at radius 2 is 0.706 bits per heavy atom. The minimum atomic E-state index is -0.199. The Morgan fingerprint density at radius 1 is 0.412 bits per heavy atom. The Labute approximate surface area is 214 Å². The number of carbonyl (C=O) groups excluding carboxylic acids is 1. The molecule has 3 heteroatoms. The highest BCUT2D eigenvalue weighted by atomic mass is 17.2. The standard InChI is InChI=1S/C31H62O3/c1-3-5-7-9-11-12-13-14-15-16-17-18-19-20-21-22-23-25-27-29-31(32)34-33-30-28-26-24-10-8-6-4-2/h3-30H2,1-2H3. The fraction of sp³-hybridized carbons (Fsp3) is 0.968. The SMILES string of the molecule is CCCCCCCCCCCCCCCCCCCCCC(=O)OOCCCCCCCCC. The summed E-state index contributed by atoms with van der Waals surface area (Å²) in [6.07, 6.45) is 35.2. The van der Waals surface area contributed by atoms with Gasteiger partial charge in [0.25, 0.3) is 0 Å². The Morgan fingerprint density at radius 3 is 1.06 bits per heavy atom. The molecule has 0 spiro atoms. The first-order valence-electron chi connectivity index (χ1n) is 15.6. The molecule has 0 fully saturated rings. The van der Waals surface area contributed by atoms with Crippen molar-refractivity contribution in [2.45, 2.75) is 187 Å². The van der Waals surface area contributed by atoms with Crippen LogP contribution in [0.2, 0.25) is 0 Å². The number of hydrogen-bond acceptors (Lipinski definition) is 3. The van der Waals surface area contributed by atoms with E-state index < -0.39 is 0 Å². The molecule has 0 bridgehead atoms. The molecule has 0 aromatic rings. The molecule has 0 atom stereocenters. The zero-order valence-corrected chi connectivity index (χ0v) is 23.5. The van der Waals surface area contributed by atoms with Crippen molar-refractivity contribution in [2.75, 3.05) is 6.61 Å².